The molecule has 1 heterocycles. The van der Waals surface area contributed by atoms with Gasteiger partial charge >= 0.3 is 0 Å². The summed E-state index contributed by atoms with van der Waals surface area (Å²) in [7, 11) is 0. The number of nitrogens with zero attached hydrogens (tertiary/aromatic N) is 1. The van der Waals surface area contributed by atoms with Crippen LogP contribution in [0.1, 0.15) is 18.1 Å². The lowest BCUT2D eigenvalue weighted by molar-refractivity contribution is -0.236. The number of ether oxygens (including phenoxy) is 1. The zero-order valence-corrected chi connectivity index (χ0v) is 7.90. The van der Waals surface area contributed by atoms with Crippen LogP contribution >= 0.6 is 0 Å². The number of hydrogen-bond acceptors (Lipinski definition) is 3. The van der Waals surface area contributed by atoms with Crippen molar-refractivity contribution < 1.29 is 9.84 Å². The second-order valence-corrected chi connectivity index (χ2v) is 3.57. The molecule has 0 aliphatic carbocycles. The predicted molar refractivity (Wildman–Crippen MR) is 50.5 cm³/mol. The third-order valence-corrected chi connectivity index (χ3v) is 2.74. The summed E-state index contributed by atoms with van der Waals surface area (Å²) in [5.41, 5.74) is 0.550. The lowest BCUT2D eigenvalue weighted by atomic mass is 9.85. The Hall–Kier alpha value is -1.37. The number of hydrogen-bond donors (Lipinski definition) is 1. The zero-order chi connectivity index (χ0) is 10.2. The van der Waals surface area contributed by atoms with Gasteiger partial charge in [0.25, 0.3) is 0 Å². The van der Waals surface area contributed by atoms with Gasteiger partial charge in [-0.3, -0.25) is 0 Å². The van der Waals surface area contributed by atoms with Crippen LogP contribution in [0.4, 0.5) is 0 Å². The summed E-state index contributed by atoms with van der Waals surface area (Å²) < 4.78 is 5.14. The maximum atomic E-state index is 10.1. The van der Waals surface area contributed by atoms with Gasteiger partial charge in [0.2, 0.25) is 0 Å². The summed E-state index contributed by atoms with van der Waals surface area (Å²) in [5, 5.41) is 18.7. The predicted octanol–water partition coefficient (Wildman–Crippen LogP) is 1.16. The van der Waals surface area contributed by atoms with E-state index in [1.54, 1.807) is 24.3 Å². The summed E-state index contributed by atoms with van der Waals surface area (Å²) in [6.45, 7) is 2.17. The van der Waals surface area contributed by atoms with Crippen LogP contribution < -0.4 is 0 Å². The molecule has 0 radical (unpaired) electrons. The molecule has 1 aliphatic heterocycles. The van der Waals surface area contributed by atoms with Gasteiger partial charge in [-0.1, -0.05) is 12.1 Å². The summed E-state index contributed by atoms with van der Waals surface area (Å²) in [4.78, 5) is 0. The monoisotopic (exact) mass is 189 g/mol. The third kappa shape index (κ3) is 1.20. The van der Waals surface area contributed by atoms with Gasteiger partial charge in [-0.25, -0.2) is 0 Å². The number of nitriles is 1. The highest BCUT2D eigenvalue weighted by Gasteiger charge is 2.45. The van der Waals surface area contributed by atoms with E-state index in [-0.39, 0.29) is 6.10 Å². The normalized spacial score (nSPS) is 30.5. The van der Waals surface area contributed by atoms with Gasteiger partial charge in [-0.05, 0) is 24.6 Å². The van der Waals surface area contributed by atoms with Gasteiger partial charge in [0.05, 0.1) is 24.3 Å². The van der Waals surface area contributed by atoms with Gasteiger partial charge in [0.15, 0.2) is 0 Å². The molecule has 1 aliphatic rings. The fourth-order valence-corrected chi connectivity index (χ4v) is 1.56. The molecule has 2 atom stereocenters. The Morgan fingerprint density at radius 3 is 2.50 bits per heavy atom. The molecule has 0 spiro atoms. The first kappa shape index (κ1) is 9.20. The fourth-order valence-electron chi connectivity index (χ4n) is 1.56. The molecule has 0 bridgehead atoms. The maximum absolute atomic E-state index is 10.1. The highest BCUT2D eigenvalue weighted by Crippen LogP contribution is 2.35. The molecule has 0 amide bonds. The standard InChI is InChI=1S/C11H11NO2/c1-8-11(13,7-14-8)10-4-2-9(6-12)3-5-10/h2-5,8,13H,7H2,1H3. The van der Waals surface area contributed by atoms with E-state index in [4.69, 9.17) is 10.00 Å². The summed E-state index contributed by atoms with van der Waals surface area (Å²) in [6.07, 6.45) is -0.171. The molecular formula is C11H11NO2. The summed E-state index contributed by atoms with van der Waals surface area (Å²) in [5.74, 6) is 0. The van der Waals surface area contributed by atoms with Crippen LogP contribution in [0.25, 0.3) is 0 Å². The van der Waals surface area contributed by atoms with Crippen LogP contribution in [0.3, 0.4) is 0 Å². The van der Waals surface area contributed by atoms with Crippen LogP contribution in [0.15, 0.2) is 24.3 Å². The molecular weight excluding hydrogens is 178 g/mol. The molecule has 0 saturated carbocycles. The van der Waals surface area contributed by atoms with Crippen molar-refractivity contribution in [1.29, 1.82) is 5.26 Å². The third-order valence-electron chi connectivity index (χ3n) is 2.74. The number of rotatable bonds is 1. The van der Waals surface area contributed by atoms with E-state index < -0.39 is 5.60 Å². The van der Waals surface area contributed by atoms with Crippen molar-refractivity contribution in [1.82, 2.24) is 0 Å². The SMILES string of the molecule is CC1OCC1(O)c1ccc(C#N)cc1. The van der Waals surface area contributed by atoms with Crippen LogP contribution in [-0.2, 0) is 10.3 Å². The minimum absolute atomic E-state index is 0.171. The van der Waals surface area contributed by atoms with Gasteiger partial charge < -0.3 is 9.84 Å². The Morgan fingerprint density at radius 2 is 2.14 bits per heavy atom. The van der Waals surface area contributed by atoms with Crippen LogP contribution in [0.5, 0.6) is 0 Å². The smallest absolute Gasteiger partial charge is 0.139 e. The van der Waals surface area contributed by atoms with Gasteiger partial charge in [0, 0.05) is 0 Å². The summed E-state index contributed by atoms with van der Waals surface area (Å²) >= 11 is 0. The molecule has 2 rings (SSSR count). The molecule has 14 heavy (non-hydrogen) atoms. The van der Waals surface area contributed by atoms with Gasteiger partial charge in [-0.15, -0.1) is 0 Å². The van der Waals surface area contributed by atoms with Gasteiger partial charge in [-0.2, -0.15) is 5.26 Å². The molecule has 2 unspecified atom stereocenters. The van der Waals surface area contributed by atoms with E-state index in [2.05, 4.69) is 0 Å². The lowest BCUT2D eigenvalue weighted by Crippen LogP contribution is -2.53. The molecule has 3 nitrogen and oxygen atoms in total. The maximum Gasteiger partial charge on any atom is 0.139 e. The van der Waals surface area contributed by atoms with Crippen molar-refractivity contribution in [3.8, 4) is 6.07 Å². The molecule has 1 aromatic carbocycles. The second-order valence-electron chi connectivity index (χ2n) is 3.57. The molecule has 72 valence electrons. The highest BCUT2D eigenvalue weighted by molar-refractivity contribution is 5.35. The Bertz CT molecular complexity index is 379. The van der Waals surface area contributed by atoms with Crippen molar-refractivity contribution >= 4 is 0 Å². The van der Waals surface area contributed by atoms with Crippen LogP contribution in [0.2, 0.25) is 0 Å². The van der Waals surface area contributed by atoms with Crippen molar-refractivity contribution in [3.05, 3.63) is 35.4 Å². The number of aliphatic hydroxyl groups is 1. The zero-order valence-electron chi connectivity index (χ0n) is 7.90. The van der Waals surface area contributed by atoms with Crippen LogP contribution in [0, 0.1) is 11.3 Å². The Morgan fingerprint density at radius 1 is 1.50 bits per heavy atom. The second kappa shape index (κ2) is 3.09. The molecule has 1 aromatic rings. The van der Waals surface area contributed by atoms with E-state index in [0.29, 0.717) is 12.2 Å². The Labute approximate surface area is 82.6 Å². The minimum Gasteiger partial charge on any atom is -0.380 e. The van der Waals surface area contributed by atoms with Crippen LogP contribution in [-0.4, -0.2) is 17.8 Å². The molecule has 1 N–H and O–H groups in total. The molecule has 0 aromatic heterocycles. The van der Waals surface area contributed by atoms with E-state index in [9.17, 15) is 5.11 Å². The average molecular weight is 189 g/mol. The highest BCUT2D eigenvalue weighted by atomic mass is 16.6. The fraction of sp³-hybridized carbons (Fsp3) is 0.364. The van der Waals surface area contributed by atoms with E-state index >= 15 is 0 Å². The average Bonchev–Trinajstić information content (AvgIpc) is 2.26. The lowest BCUT2D eigenvalue weighted by Gasteiger charge is -2.43. The number of benzene rings is 1. The molecule has 3 heteroatoms. The molecule has 1 saturated heterocycles. The summed E-state index contributed by atoms with van der Waals surface area (Å²) in [6, 6.07) is 9.00. The first-order valence-electron chi connectivity index (χ1n) is 4.51. The van der Waals surface area contributed by atoms with Crippen molar-refractivity contribution in [3.63, 3.8) is 0 Å². The van der Waals surface area contributed by atoms with Crippen molar-refractivity contribution in [2.24, 2.45) is 0 Å². The Kier molecular flexibility index (Phi) is 2.03. The van der Waals surface area contributed by atoms with Crippen molar-refractivity contribution in [2.75, 3.05) is 6.61 Å². The first-order chi connectivity index (χ1) is 6.66. The van der Waals surface area contributed by atoms with E-state index in [0.717, 1.165) is 5.56 Å². The topological polar surface area (TPSA) is 53.2 Å². The van der Waals surface area contributed by atoms with E-state index in [1.807, 2.05) is 13.0 Å². The Balaban J connectivity index is 2.30. The van der Waals surface area contributed by atoms with Crippen molar-refractivity contribution in [2.45, 2.75) is 18.6 Å². The minimum atomic E-state index is -0.867. The van der Waals surface area contributed by atoms with Gasteiger partial charge in [0.1, 0.15) is 5.60 Å². The quantitative estimate of drug-likeness (QED) is 0.721. The van der Waals surface area contributed by atoms with E-state index in [1.165, 1.54) is 0 Å². The largest absolute Gasteiger partial charge is 0.380 e. The first-order valence-corrected chi connectivity index (χ1v) is 4.51. The molecule has 1 fully saturated rings.